The number of ether oxygens (including phenoxy) is 2. The number of fused-ring (bicyclic) bond motifs is 1. The Hall–Kier alpha value is -3.40. The second-order valence-electron chi connectivity index (χ2n) is 8.36. The highest BCUT2D eigenvalue weighted by molar-refractivity contribution is 5.84. The maximum Gasteiger partial charge on any atom is 0.409 e. The van der Waals surface area contributed by atoms with Crippen LogP contribution in [0.15, 0.2) is 36.7 Å². The molecule has 3 aromatic rings. The maximum absolute atomic E-state index is 11.9. The van der Waals surface area contributed by atoms with Crippen LogP contribution < -0.4 is 10.2 Å². The van der Waals surface area contributed by atoms with Gasteiger partial charge in [-0.2, -0.15) is 9.97 Å². The third-order valence-electron chi connectivity index (χ3n) is 6.16. The van der Waals surface area contributed by atoms with Crippen molar-refractivity contribution in [1.29, 1.82) is 0 Å². The Kier molecular flexibility index (Phi) is 6.25. The van der Waals surface area contributed by atoms with Gasteiger partial charge in [-0.25, -0.2) is 9.78 Å². The van der Waals surface area contributed by atoms with Gasteiger partial charge in [-0.3, -0.25) is 0 Å². The zero-order chi connectivity index (χ0) is 22.6. The summed E-state index contributed by atoms with van der Waals surface area (Å²) < 4.78 is 12.7. The van der Waals surface area contributed by atoms with Crippen LogP contribution in [0.25, 0.3) is 11.2 Å². The van der Waals surface area contributed by atoms with E-state index in [1.54, 1.807) is 4.90 Å². The molecule has 10 nitrogen and oxygen atoms in total. The maximum atomic E-state index is 11.9. The molecule has 2 aromatic heterocycles. The third-order valence-corrected chi connectivity index (χ3v) is 6.16. The van der Waals surface area contributed by atoms with Crippen LogP contribution in [0.3, 0.4) is 0 Å². The molecular formula is C23H29N7O3. The monoisotopic (exact) mass is 451 g/mol. The number of anilines is 2. The number of carbonyl (C=O) groups excluding carboxylic acids is 1. The molecule has 1 N–H and O–H groups in total. The van der Waals surface area contributed by atoms with Gasteiger partial charge in [0.15, 0.2) is 17.0 Å². The van der Waals surface area contributed by atoms with Gasteiger partial charge in [-0.05, 0) is 18.4 Å². The molecule has 10 heteroatoms. The summed E-state index contributed by atoms with van der Waals surface area (Å²) in [5.74, 6) is 1.35. The van der Waals surface area contributed by atoms with Crippen molar-refractivity contribution in [2.45, 2.75) is 25.5 Å². The van der Waals surface area contributed by atoms with Crippen molar-refractivity contribution in [3.63, 3.8) is 0 Å². The Morgan fingerprint density at radius 2 is 2.00 bits per heavy atom. The van der Waals surface area contributed by atoms with E-state index in [0.29, 0.717) is 51.0 Å². The molecule has 2 aliphatic rings. The molecule has 0 bridgehead atoms. The molecule has 0 aliphatic carbocycles. The summed E-state index contributed by atoms with van der Waals surface area (Å²) in [5.41, 5.74) is 2.72. The number of aromatic nitrogens is 4. The molecule has 5 rings (SSSR count). The number of rotatable bonds is 6. The van der Waals surface area contributed by atoms with Crippen molar-refractivity contribution < 1.29 is 14.3 Å². The highest BCUT2D eigenvalue weighted by atomic mass is 16.5. The molecule has 0 spiro atoms. The number of imidazole rings is 1. The van der Waals surface area contributed by atoms with Gasteiger partial charge in [0.05, 0.1) is 26.1 Å². The first kappa shape index (κ1) is 21.4. The number of nitrogens with zero attached hydrogens (tertiary/aromatic N) is 6. The molecule has 33 heavy (non-hydrogen) atoms. The zero-order valence-electron chi connectivity index (χ0n) is 18.8. The number of hydrogen-bond donors (Lipinski definition) is 1. The minimum absolute atomic E-state index is 0.188. The van der Waals surface area contributed by atoms with Gasteiger partial charge in [0.1, 0.15) is 0 Å². The Bertz CT molecular complexity index is 1090. The predicted octanol–water partition coefficient (Wildman–Crippen LogP) is 2.35. The summed E-state index contributed by atoms with van der Waals surface area (Å²) in [6.45, 7) is 4.58. The summed E-state index contributed by atoms with van der Waals surface area (Å²) in [7, 11) is 1.41. The van der Waals surface area contributed by atoms with Crippen molar-refractivity contribution in [3.05, 3.63) is 42.2 Å². The van der Waals surface area contributed by atoms with Gasteiger partial charge in [-0.1, -0.05) is 30.3 Å². The van der Waals surface area contributed by atoms with Crippen molar-refractivity contribution in [1.82, 2.24) is 24.4 Å². The van der Waals surface area contributed by atoms with Gasteiger partial charge in [0.25, 0.3) is 0 Å². The van der Waals surface area contributed by atoms with Crippen molar-refractivity contribution in [3.8, 4) is 0 Å². The number of hydrogen-bond acceptors (Lipinski definition) is 8. The average Bonchev–Trinajstić information content (AvgIpc) is 3.53. The molecule has 2 fully saturated rings. The molecule has 4 heterocycles. The Labute approximate surface area is 192 Å². The standard InChI is InChI=1S/C23H29N7O3/c1-32-23(31)29-11-9-28(10-12-29)22-26-20(24-14-18-8-5-13-33-18)19-21(27-22)30(16-25-19)15-17-6-3-2-4-7-17/h2-4,6-7,16,18H,5,8-15H2,1H3,(H,24,26,27). The summed E-state index contributed by atoms with van der Waals surface area (Å²) in [6, 6.07) is 10.3. The van der Waals surface area contributed by atoms with Crippen LogP contribution in [-0.4, -0.2) is 83.1 Å². The number of methoxy groups -OCH3 is 1. The van der Waals surface area contributed by atoms with Crippen LogP contribution in [-0.2, 0) is 16.0 Å². The predicted molar refractivity (Wildman–Crippen MR) is 125 cm³/mol. The molecule has 2 saturated heterocycles. The SMILES string of the molecule is COC(=O)N1CCN(c2nc(NCC3CCCO3)c3ncn(Cc4ccccc4)c3n2)CC1. The summed E-state index contributed by atoms with van der Waals surface area (Å²) in [5, 5.41) is 3.46. The fourth-order valence-electron chi connectivity index (χ4n) is 4.33. The van der Waals surface area contributed by atoms with Crippen LogP contribution in [0.5, 0.6) is 0 Å². The summed E-state index contributed by atoms with van der Waals surface area (Å²) in [4.78, 5) is 30.0. The smallest absolute Gasteiger partial charge is 0.409 e. The largest absolute Gasteiger partial charge is 0.453 e. The van der Waals surface area contributed by atoms with Crippen LogP contribution in [0, 0.1) is 0 Å². The van der Waals surface area contributed by atoms with Crippen molar-refractivity contribution >= 4 is 29.0 Å². The van der Waals surface area contributed by atoms with E-state index in [1.807, 2.05) is 24.5 Å². The number of benzene rings is 1. The van der Waals surface area contributed by atoms with Gasteiger partial charge in [-0.15, -0.1) is 0 Å². The van der Waals surface area contributed by atoms with E-state index in [2.05, 4.69) is 31.9 Å². The molecule has 2 aliphatic heterocycles. The Balaban J connectivity index is 1.43. The fourth-order valence-corrected chi connectivity index (χ4v) is 4.33. The number of carbonyl (C=O) groups is 1. The topological polar surface area (TPSA) is 97.6 Å². The highest BCUT2D eigenvalue weighted by Crippen LogP contribution is 2.25. The minimum atomic E-state index is -0.300. The molecule has 1 aromatic carbocycles. The first-order chi connectivity index (χ1) is 16.2. The molecule has 0 radical (unpaired) electrons. The van der Waals surface area contributed by atoms with E-state index in [9.17, 15) is 4.79 Å². The second-order valence-corrected chi connectivity index (χ2v) is 8.36. The zero-order valence-corrected chi connectivity index (χ0v) is 18.8. The Morgan fingerprint density at radius 1 is 1.18 bits per heavy atom. The fraction of sp³-hybridized carbons (Fsp3) is 0.478. The lowest BCUT2D eigenvalue weighted by atomic mass is 10.2. The van der Waals surface area contributed by atoms with Gasteiger partial charge >= 0.3 is 6.09 Å². The van der Waals surface area contributed by atoms with Gasteiger partial charge < -0.3 is 29.2 Å². The molecule has 1 unspecified atom stereocenters. The molecule has 0 saturated carbocycles. The third kappa shape index (κ3) is 4.70. The lowest BCUT2D eigenvalue weighted by Gasteiger charge is -2.33. The molecular weight excluding hydrogens is 422 g/mol. The van der Waals surface area contributed by atoms with E-state index >= 15 is 0 Å². The quantitative estimate of drug-likeness (QED) is 0.610. The first-order valence-electron chi connectivity index (χ1n) is 11.4. The van der Waals surface area contributed by atoms with Crippen LogP contribution in [0.1, 0.15) is 18.4 Å². The van der Waals surface area contributed by atoms with Crippen LogP contribution in [0.4, 0.5) is 16.6 Å². The Morgan fingerprint density at radius 3 is 2.73 bits per heavy atom. The minimum Gasteiger partial charge on any atom is -0.453 e. The number of piperazine rings is 1. The first-order valence-corrected chi connectivity index (χ1v) is 11.4. The molecule has 1 amide bonds. The summed E-state index contributed by atoms with van der Waals surface area (Å²) >= 11 is 0. The normalized spacial score (nSPS) is 18.6. The van der Waals surface area contributed by atoms with E-state index in [0.717, 1.165) is 30.6 Å². The van der Waals surface area contributed by atoms with Crippen LogP contribution >= 0.6 is 0 Å². The lowest BCUT2D eigenvalue weighted by Crippen LogP contribution is -2.49. The summed E-state index contributed by atoms with van der Waals surface area (Å²) in [6.07, 6.45) is 3.85. The van der Waals surface area contributed by atoms with E-state index in [4.69, 9.17) is 19.4 Å². The van der Waals surface area contributed by atoms with Crippen molar-refractivity contribution in [2.75, 3.05) is 56.7 Å². The van der Waals surface area contributed by atoms with E-state index in [1.165, 1.54) is 12.7 Å². The number of amides is 1. The lowest BCUT2D eigenvalue weighted by molar-refractivity contribution is 0.120. The number of nitrogens with one attached hydrogen (secondary N) is 1. The molecule has 1 atom stereocenters. The van der Waals surface area contributed by atoms with E-state index < -0.39 is 0 Å². The average molecular weight is 452 g/mol. The van der Waals surface area contributed by atoms with Gasteiger partial charge in [0, 0.05) is 39.3 Å². The highest BCUT2D eigenvalue weighted by Gasteiger charge is 2.25. The van der Waals surface area contributed by atoms with Crippen molar-refractivity contribution in [2.24, 2.45) is 0 Å². The van der Waals surface area contributed by atoms with E-state index in [-0.39, 0.29) is 12.2 Å². The van der Waals surface area contributed by atoms with Gasteiger partial charge in [0.2, 0.25) is 5.95 Å². The second kappa shape index (κ2) is 9.62. The van der Waals surface area contributed by atoms with Crippen LogP contribution in [0.2, 0.25) is 0 Å². The molecule has 174 valence electrons.